The molecule has 1 amide bonds. The van der Waals surface area contributed by atoms with Gasteiger partial charge >= 0.3 is 0 Å². The maximum Gasteiger partial charge on any atom is 0.217 e. The number of unbranched alkanes of at least 4 members (excludes halogenated alkanes) is 1. The van der Waals surface area contributed by atoms with Gasteiger partial charge < -0.3 is 20.9 Å². The maximum absolute atomic E-state index is 10.6. The Morgan fingerprint density at radius 3 is 2.47 bits per heavy atom. The smallest absolute Gasteiger partial charge is 0.217 e. The van der Waals surface area contributed by atoms with Crippen molar-refractivity contribution in [3.05, 3.63) is 23.8 Å². The number of carbonyl (C=O) groups excluding carboxylic acids is 1. The molecule has 0 aromatic heterocycles. The Hall–Kier alpha value is -1.75. The van der Waals surface area contributed by atoms with Gasteiger partial charge in [-0.15, -0.1) is 0 Å². The molecule has 1 atom stereocenters. The Balaban J connectivity index is 2.56. The van der Waals surface area contributed by atoms with E-state index < -0.39 is 0 Å². The predicted molar refractivity (Wildman–Crippen MR) is 74.1 cm³/mol. The van der Waals surface area contributed by atoms with Gasteiger partial charge in [-0.2, -0.15) is 0 Å². The summed E-state index contributed by atoms with van der Waals surface area (Å²) in [6.45, 7) is 0. The van der Waals surface area contributed by atoms with E-state index in [-0.39, 0.29) is 11.9 Å². The second-order valence-corrected chi connectivity index (χ2v) is 4.43. The Kier molecular flexibility index (Phi) is 6.15. The number of nitrogens with two attached hydrogens (primary N) is 2. The van der Waals surface area contributed by atoms with Gasteiger partial charge in [0.15, 0.2) is 11.5 Å². The third-order valence-corrected chi connectivity index (χ3v) is 3.02. The molecule has 0 aliphatic heterocycles. The van der Waals surface area contributed by atoms with E-state index in [1.165, 1.54) is 0 Å². The molecule has 5 nitrogen and oxygen atoms in total. The zero-order valence-electron chi connectivity index (χ0n) is 11.5. The number of benzene rings is 1. The first kappa shape index (κ1) is 15.3. The minimum Gasteiger partial charge on any atom is -0.493 e. The summed E-state index contributed by atoms with van der Waals surface area (Å²) in [6.07, 6.45) is 2.87. The first-order valence-electron chi connectivity index (χ1n) is 6.34. The molecule has 0 radical (unpaired) electrons. The predicted octanol–water partition coefficient (Wildman–Crippen LogP) is 1.75. The second kappa shape index (κ2) is 7.63. The molecule has 4 N–H and O–H groups in total. The number of hydrogen-bond donors (Lipinski definition) is 2. The van der Waals surface area contributed by atoms with Gasteiger partial charge in [0.05, 0.1) is 14.2 Å². The summed E-state index contributed by atoms with van der Waals surface area (Å²) in [5.41, 5.74) is 12.2. The number of amides is 1. The molecule has 0 heterocycles. The van der Waals surface area contributed by atoms with Crippen molar-refractivity contribution in [1.29, 1.82) is 0 Å². The van der Waals surface area contributed by atoms with Crippen LogP contribution in [-0.4, -0.2) is 20.1 Å². The van der Waals surface area contributed by atoms with Crippen LogP contribution in [0.2, 0.25) is 0 Å². The third kappa shape index (κ3) is 4.79. The number of methoxy groups -OCH3 is 2. The summed E-state index contributed by atoms with van der Waals surface area (Å²) in [5.74, 6) is 1.10. The van der Waals surface area contributed by atoms with Crippen molar-refractivity contribution in [2.45, 2.75) is 31.7 Å². The summed E-state index contributed by atoms with van der Waals surface area (Å²) in [6, 6.07) is 5.59. The number of hydrogen-bond acceptors (Lipinski definition) is 4. The Bertz CT molecular complexity index is 421. The highest BCUT2D eigenvalue weighted by molar-refractivity contribution is 5.73. The molecular weight excluding hydrogens is 244 g/mol. The highest BCUT2D eigenvalue weighted by Gasteiger charge is 2.10. The molecule has 0 saturated carbocycles. The van der Waals surface area contributed by atoms with Crippen molar-refractivity contribution < 1.29 is 14.3 Å². The average molecular weight is 266 g/mol. The zero-order valence-corrected chi connectivity index (χ0v) is 11.5. The zero-order chi connectivity index (χ0) is 14.3. The molecule has 1 unspecified atom stereocenters. The van der Waals surface area contributed by atoms with Gasteiger partial charge in [-0.1, -0.05) is 12.5 Å². The van der Waals surface area contributed by atoms with Gasteiger partial charge in [0.1, 0.15) is 0 Å². The van der Waals surface area contributed by atoms with Crippen LogP contribution in [-0.2, 0) is 4.79 Å². The lowest BCUT2D eigenvalue weighted by Gasteiger charge is -2.14. The van der Waals surface area contributed by atoms with Crippen molar-refractivity contribution in [3.8, 4) is 11.5 Å². The fraction of sp³-hybridized carbons (Fsp3) is 0.500. The van der Waals surface area contributed by atoms with Gasteiger partial charge in [-0.3, -0.25) is 4.79 Å². The van der Waals surface area contributed by atoms with Gasteiger partial charge in [0, 0.05) is 12.5 Å². The standard InChI is InChI=1S/C14H22N2O3/c1-18-12-8-7-10(9-13(12)19-2)11(15)5-3-4-6-14(16)17/h7-9,11H,3-6,15H2,1-2H3,(H2,16,17). The summed E-state index contributed by atoms with van der Waals surface area (Å²) in [5, 5.41) is 0. The van der Waals surface area contributed by atoms with E-state index in [9.17, 15) is 4.79 Å². The Labute approximate surface area is 113 Å². The SMILES string of the molecule is COc1ccc(C(N)CCCCC(N)=O)cc1OC. The van der Waals surface area contributed by atoms with Crippen LogP contribution in [0.1, 0.15) is 37.3 Å². The van der Waals surface area contributed by atoms with E-state index in [2.05, 4.69) is 0 Å². The Morgan fingerprint density at radius 2 is 1.89 bits per heavy atom. The topological polar surface area (TPSA) is 87.6 Å². The first-order valence-corrected chi connectivity index (χ1v) is 6.34. The van der Waals surface area contributed by atoms with Crippen molar-refractivity contribution in [2.75, 3.05) is 14.2 Å². The molecule has 19 heavy (non-hydrogen) atoms. The van der Waals surface area contributed by atoms with Crippen molar-refractivity contribution in [3.63, 3.8) is 0 Å². The normalized spacial score (nSPS) is 11.9. The lowest BCUT2D eigenvalue weighted by Crippen LogP contribution is -2.12. The monoisotopic (exact) mass is 266 g/mol. The number of primary amides is 1. The summed E-state index contributed by atoms with van der Waals surface area (Å²) < 4.78 is 10.4. The average Bonchev–Trinajstić information content (AvgIpc) is 2.42. The van der Waals surface area contributed by atoms with Crippen LogP contribution in [0.4, 0.5) is 0 Å². The van der Waals surface area contributed by atoms with Crippen LogP contribution in [0.5, 0.6) is 11.5 Å². The van der Waals surface area contributed by atoms with Crippen molar-refractivity contribution >= 4 is 5.91 Å². The molecule has 0 spiro atoms. The molecule has 0 aliphatic carbocycles. The van der Waals surface area contributed by atoms with Gasteiger partial charge in [-0.25, -0.2) is 0 Å². The molecule has 1 rings (SSSR count). The number of carbonyl (C=O) groups is 1. The van der Waals surface area contributed by atoms with Crippen molar-refractivity contribution in [1.82, 2.24) is 0 Å². The van der Waals surface area contributed by atoms with E-state index in [0.29, 0.717) is 17.9 Å². The molecule has 0 bridgehead atoms. The van der Waals surface area contributed by atoms with Crippen LogP contribution in [0.25, 0.3) is 0 Å². The van der Waals surface area contributed by atoms with E-state index in [0.717, 1.165) is 24.8 Å². The molecule has 1 aromatic rings. The van der Waals surface area contributed by atoms with Crippen LogP contribution in [0.15, 0.2) is 18.2 Å². The largest absolute Gasteiger partial charge is 0.493 e. The van der Waals surface area contributed by atoms with Crippen LogP contribution < -0.4 is 20.9 Å². The van der Waals surface area contributed by atoms with Gasteiger partial charge in [0.25, 0.3) is 0 Å². The lowest BCUT2D eigenvalue weighted by atomic mass is 10.0. The molecule has 106 valence electrons. The quantitative estimate of drug-likeness (QED) is 0.702. The fourth-order valence-electron chi connectivity index (χ4n) is 1.91. The maximum atomic E-state index is 10.6. The van der Waals surface area contributed by atoms with Crippen LogP contribution in [0.3, 0.4) is 0 Å². The van der Waals surface area contributed by atoms with Crippen LogP contribution in [0, 0.1) is 0 Å². The highest BCUT2D eigenvalue weighted by Crippen LogP contribution is 2.30. The lowest BCUT2D eigenvalue weighted by molar-refractivity contribution is -0.118. The van der Waals surface area contributed by atoms with E-state index in [4.69, 9.17) is 20.9 Å². The molecule has 5 heteroatoms. The number of rotatable bonds is 8. The molecule has 1 aromatic carbocycles. The van der Waals surface area contributed by atoms with E-state index >= 15 is 0 Å². The fourth-order valence-corrected chi connectivity index (χ4v) is 1.91. The third-order valence-electron chi connectivity index (χ3n) is 3.02. The first-order chi connectivity index (χ1) is 9.08. The van der Waals surface area contributed by atoms with E-state index in [1.54, 1.807) is 14.2 Å². The second-order valence-electron chi connectivity index (χ2n) is 4.43. The summed E-state index contributed by atoms with van der Waals surface area (Å²) in [7, 11) is 3.20. The minimum atomic E-state index is -0.264. The minimum absolute atomic E-state index is 0.0762. The summed E-state index contributed by atoms with van der Waals surface area (Å²) >= 11 is 0. The molecular formula is C14H22N2O3. The van der Waals surface area contributed by atoms with Crippen molar-refractivity contribution in [2.24, 2.45) is 11.5 Å². The highest BCUT2D eigenvalue weighted by atomic mass is 16.5. The van der Waals surface area contributed by atoms with E-state index in [1.807, 2.05) is 18.2 Å². The molecule has 0 saturated heterocycles. The number of ether oxygens (including phenoxy) is 2. The summed E-state index contributed by atoms with van der Waals surface area (Å²) in [4.78, 5) is 10.6. The van der Waals surface area contributed by atoms with Crippen LogP contribution >= 0.6 is 0 Å². The van der Waals surface area contributed by atoms with Gasteiger partial charge in [0.2, 0.25) is 5.91 Å². The Morgan fingerprint density at radius 1 is 1.21 bits per heavy atom. The van der Waals surface area contributed by atoms with Gasteiger partial charge in [-0.05, 0) is 30.5 Å². The molecule has 0 aliphatic rings. The molecule has 0 fully saturated rings.